The third kappa shape index (κ3) is 2.77. The van der Waals surface area contributed by atoms with Gasteiger partial charge < -0.3 is 15.5 Å². The number of fused-ring (bicyclic) bond motifs is 2. The largest absolute Gasteiger partial charge is 0.394 e. The molecule has 5 rings (SSSR count). The molecular weight excluding hydrogens is 387 g/mol. The highest BCUT2D eigenvalue weighted by molar-refractivity contribution is 6.05. The lowest BCUT2D eigenvalue weighted by atomic mass is 9.99. The smallest absolute Gasteiger partial charge is 0.273 e. The van der Waals surface area contributed by atoms with E-state index in [1.54, 1.807) is 16.9 Å². The molecule has 30 heavy (non-hydrogen) atoms. The molecule has 8 nitrogen and oxygen atoms in total. The number of H-pyrrole nitrogens is 1. The number of nitrogens with one attached hydrogen (secondary N) is 1. The number of aryl methyl sites for hydroxylation is 2. The molecule has 1 atom stereocenters. The van der Waals surface area contributed by atoms with Gasteiger partial charge in [0.05, 0.1) is 17.6 Å². The first-order chi connectivity index (χ1) is 14.5. The molecule has 0 bridgehead atoms. The van der Waals surface area contributed by atoms with Gasteiger partial charge in [-0.2, -0.15) is 5.10 Å². The van der Waals surface area contributed by atoms with Crippen LogP contribution in [0.5, 0.6) is 0 Å². The molecule has 154 valence electrons. The van der Waals surface area contributed by atoms with Gasteiger partial charge >= 0.3 is 0 Å². The molecule has 1 unspecified atom stereocenters. The quantitative estimate of drug-likeness (QED) is 0.526. The van der Waals surface area contributed by atoms with Gasteiger partial charge in [-0.25, -0.2) is 19.0 Å². The Morgan fingerprint density at radius 1 is 1.23 bits per heavy atom. The van der Waals surface area contributed by atoms with E-state index in [0.717, 1.165) is 25.0 Å². The summed E-state index contributed by atoms with van der Waals surface area (Å²) < 4.78 is 22.3. The number of ether oxygens (including phenoxy) is 1. The molecule has 3 aromatic heterocycles. The maximum Gasteiger partial charge on any atom is 0.273 e. The number of anilines is 1. The first-order valence-corrected chi connectivity index (χ1v) is 9.90. The minimum Gasteiger partial charge on any atom is -0.394 e. The minimum atomic E-state index is -0.462. The number of nitrogen functional groups attached to an aromatic ring is 1. The lowest BCUT2D eigenvalue weighted by molar-refractivity contribution is -0.0369. The molecule has 1 aromatic carbocycles. The Kier molecular flexibility index (Phi) is 4.28. The van der Waals surface area contributed by atoms with Crippen LogP contribution in [-0.4, -0.2) is 31.3 Å². The lowest BCUT2D eigenvalue weighted by Gasteiger charge is -2.23. The molecule has 4 heterocycles. The summed E-state index contributed by atoms with van der Waals surface area (Å²) in [5.74, 6) is -0.411. The molecule has 1 aliphatic rings. The maximum atomic E-state index is 14.9. The summed E-state index contributed by atoms with van der Waals surface area (Å²) in [7, 11) is 0. The summed E-state index contributed by atoms with van der Waals surface area (Å²) in [6.07, 6.45) is 4.01. The molecule has 1 aliphatic heterocycles. The van der Waals surface area contributed by atoms with Crippen LogP contribution < -0.4 is 11.3 Å². The Hall–Kier alpha value is -3.33. The van der Waals surface area contributed by atoms with Crippen LogP contribution in [-0.2, 0) is 4.74 Å². The zero-order valence-electron chi connectivity index (χ0n) is 16.7. The van der Waals surface area contributed by atoms with Crippen molar-refractivity contribution in [2.24, 2.45) is 0 Å². The number of hydrogen-bond donors (Lipinski definition) is 2. The highest BCUT2D eigenvalue weighted by atomic mass is 19.1. The second-order valence-corrected chi connectivity index (χ2v) is 7.60. The van der Waals surface area contributed by atoms with E-state index in [1.807, 2.05) is 13.8 Å². The highest BCUT2D eigenvalue weighted by Gasteiger charge is 2.24. The molecule has 0 radical (unpaired) electrons. The zero-order chi connectivity index (χ0) is 21.0. The summed E-state index contributed by atoms with van der Waals surface area (Å²) in [5.41, 5.74) is 9.31. The van der Waals surface area contributed by atoms with Gasteiger partial charge in [0.25, 0.3) is 5.56 Å². The van der Waals surface area contributed by atoms with Crippen molar-refractivity contribution in [2.45, 2.75) is 39.3 Å². The van der Waals surface area contributed by atoms with Gasteiger partial charge in [-0.3, -0.25) is 4.79 Å². The molecule has 0 saturated carbocycles. The molecular formula is C21H21FN6O2. The van der Waals surface area contributed by atoms with Crippen molar-refractivity contribution in [2.75, 3.05) is 12.3 Å². The van der Waals surface area contributed by atoms with Crippen LogP contribution in [0, 0.1) is 19.7 Å². The number of nitrogens with two attached hydrogens (primary N) is 1. The van der Waals surface area contributed by atoms with Crippen molar-refractivity contribution in [3.8, 4) is 11.1 Å². The number of aromatic nitrogens is 5. The van der Waals surface area contributed by atoms with Crippen LogP contribution >= 0.6 is 0 Å². The van der Waals surface area contributed by atoms with Crippen molar-refractivity contribution in [3.05, 3.63) is 45.9 Å². The van der Waals surface area contributed by atoms with E-state index in [9.17, 15) is 9.18 Å². The fourth-order valence-electron chi connectivity index (χ4n) is 4.03. The summed E-state index contributed by atoms with van der Waals surface area (Å²) in [5, 5.41) is 4.96. The zero-order valence-corrected chi connectivity index (χ0v) is 16.7. The number of aromatic amines is 1. The Balaban J connectivity index is 1.82. The predicted octanol–water partition coefficient (Wildman–Crippen LogP) is 3.37. The molecule has 0 spiro atoms. The first kappa shape index (κ1) is 18.7. The Labute approximate surface area is 170 Å². The summed E-state index contributed by atoms with van der Waals surface area (Å²) in [6, 6.07) is 2.96. The second kappa shape index (κ2) is 6.88. The molecule has 3 N–H and O–H groups in total. The number of nitrogens with zero attached hydrogens (tertiary/aromatic N) is 4. The van der Waals surface area contributed by atoms with Gasteiger partial charge in [0.1, 0.15) is 22.5 Å². The van der Waals surface area contributed by atoms with Crippen LogP contribution in [0.3, 0.4) is 0 Å². The molecule has 0 amide bonds. The van der Waals surface area contributed by atoms with Crippen LogP contribution in [0.15, 0.2) is 23.1 Å². The monoisotopic (exact) mass is 408 g/mol. The van der Waals surface area contributed by atoms with Gasteiger partial charge in [0.15, 0.2) is 11.9 Å². The molecule has 9 heteroatoms. The van der Waals surface area contributed by atoms with Crippen LogP contribution in [0.25, 0.3) is 33.2 Å². The molecule has 1 saturated heterocycles. The van der Waals surface area contributed by atoms with Crippen molar-refractivity contribution in [1.29, 1.82) is 0 Å². The lowest BCUT2D eigenvalue weighted by Crippen LogP contribution is -2.19. The van der Waals surface area contributed by atoms with Crippen molar-refractivity contribution >= 4 is 27.8 Å². The standard InChI is InChI=1S/C21H21FN6O2/c1-10-11(2)26-20-18(25-10)16(17(23)21(29)27-20)12-6-7-14(22)19-13(12)9-24-28(19)15-5-3-4-8-30-15/h6-7,9,15H,3-5,8,23H2,1-2H3,(H,26,27,29). The fourth-order valence-corrected chi connectivity index (χ4v) is 4.03. The SMILES string of the molecule is Cc1nc2[nH]c(=O)c(N)c(-c3ccc(F)c4c3cnn4C3CCCCO3)c2nc1C. The van der Waals surface area contributed by atoms with Crippen LogP contribution in [0.1, 0.15) is 36.9 Å². The maximum absolute atomic E-state index is 14.9. The number of rotatable bonds is 2. The first-order valence-electron chi connectivity index (χ1n) is 9.90. The van der Waals surface area contributed by atoms with E-state index < -0.39 is 11.4 Å². The van der Waals surface area contributed by atoms with Gasteiger partial charge in [0, 0.05) is 17.6 Å². The van der Waals surface area contributed by atoms with Crippen LogP contribution in [0.2, 0.25) is 0 Å². The summed E-state index contributed by atoms with van der Waals surface area (Å²) in [6.45, 7) is 4.28. The number of halogens is 1. The van der Waals surface area contributed by atoms with E-state index in [4.69, 9.17) is 10.5 Å². The summed E-state index contributed by atoms with van der Waals surface area (Å²) >= 11 is 0. The Morgan fingerprint density at radius 3 is 2.80 bits per heavy atom. The van der Waals surface area contributed by atoms with E-state index in [1.165, 1.54) is 6.07 Å². The molecule has 4 aromatic rings. The average molecular weight is 408 g/mol. The van der Waals surface area contributed by atoms with Gasteiger partial charge in [-0.05, 0) is 44.7 Å². The average Bonchev–Trinajstić information content (AvgIpc) is 3.19. The van der Waals surface area contributed by atoms with Gasteiger partial charge in [0.2, 0.25) is 0 Å². The predicted molar refractivity (Wildman–Crippen MR) is 112 cm³/mol. The third-order valence-corrected chi connectivity index (χ3v) is 5.70. The number of hydrogen-bond acceptors (Lipinski definition) is 6. The third-order valence-electron chi connectivity index (χ3n) is 5.70. The topological polar surface area (TPSA) is 112 Å². The molecule has 0 aliphatic carbocycles. The van der Waals surface area contributed by atoms with Crippen molar-refractivity contribution in [1.82, 2.24) is 24.7 Å². The minimum absolute atomic E-state index is 0.00891. The highest BCUT2D eigenvalue weighted by Crippen LogP contribution is 2.37. The van der Waals surface area contributed by atoms with E-state index in [-0.39, 0.29) is 11.9 Å². The Bertz CT molecular complexity index is 1350. The number of benzene rings is 1. The fraction of sp³-hybridized carbons (Fsp3) is 0.333. The second-order valence-electron chi connectivity index (χ2n) is 7.60. The van der Waals surface area contributed by atoms with Gasteiger partial charge in [-0.1, -0.05) is 6.07 Å². The normalized spacial score (nSPS) is 17.1. The molecule has 1 fully saturated rings. The van der Waals surface area contributed by atoms with E-state index in [2.05, 4.69) is 20.1 Å². The van der Waals surface area contributed by atoms with Gasteiger partial charge in [-0.15, -0.1) is 0 Å². The van der Waals surface area contributed by atoms with Crippen molar-refractivity contribution in [3.63, 3.8) is 0 Å². The Morgan fingerprint density at radius 2 is 2.03 bits per heavy atom. The van der Waals surface area contributed by atoms with E-state index >= 15 is 0 Å². The van der Waals surface area contributed by atoms with E-state index in [0.29, 0.717) is 45.5 Å². The van der Waals surface area contributed by atoms with Crippen molar-refractivity contribution < 1.29 is 9.13 Å². The van der Waals surface area contributed by atoms with Crippen LogP contribution in [0.4, 0.5) is 10.1 Å². The number of pyridine rings is 1. The summed E-state index contributed by atoms with van der Waals surface area (Å²) in [4.78, 5) is 24.3.